The fraction of sp³-hybridized carbons (Fsp3) is 0.300. The topological polar surface area (TPSA) is 115 Å². The van der Waals surface area contributed by atoms with E-state index in [1.54, 1.807) is 81.4 Å². The molecule has 4 N–H and O–H groups in total. The molecule has 2 aromatic rings. The van der Waals surface area contributed by atoms with Gasteiger partial charge in [-0.25, -0.2) is 9.59 Å². The first-order chi connectivity index (χ1) is 12.1. The van der Waals surface area contributed by atoms with E-state index in [2.05, 4.69) is 0 Å². The summed E-state index contributed by atoms with van der Waals surface area (Å²) >= 11 is 0. The van der Waals surface area contributed by atoms with Crippen LogP contribution in [0.4, 0.5) is 0 Å². The van der Waals surface area contributed by atoms with Crippen molar-refractivity contribution in [2.45, 2.75) is 26.4 Å². The molecule has 0 aromatic heterocycles. The molecular formula is C20H26O6. The molecule has 26 heavy (non-hydrogen) atoms. The predicted molar refractivity (Wildman–Crippen MR) is 99.4 cm³/mol. The van der Waals surface area contributed by atoms with Crippen LogP contribution in [0.3, 0.4) is 0 Å². The molecule has 1 unspecified atom stereocenters. The Bertz CT molecular complexity index is 598. The van der Waals surface area contributed by atoms with Crippen molar-refractivity contribution in [3.05, 3.63) is 71.8 Å². The minimum Gasteiger partial charge on any atom is -0.478 e. The molecule has 0 saturated carbocycles. The Kier molecular flexibility index (Phi) is 10.6. The van der Waals surface area contributed by atoms with Crippen LogP contribution in [-0.2, 0) is 0 Å². The molecule has 0 fully saturated rings. The van der Waals surface area contributed by atoms with Crippen LogP contribution in [0.15, 0.2) is 60.7 Å². The number of benzene rings is 2. The van der Waals surface area contributed by atoms with Crippen LogP contribution in [-0.4, -0.2) is 44.6 Å². The zero-order valence-corrected chi connectivity index (χ0v) is 15.2. The third kappa shape index (κ3) is 10.2. The number of carbonyl (C=O) groups is 2. The maximum atomic E-state index is 10.2. The Hall–Kier alpha value is -2.70. The summed E-state index contributed by atoms with van der Waals surface area (Å²) in [4.78, 5) is 20.4. The predicted octanol–water partition coefficient (Wildman–Crippen LogP) is 3.16. The van der Waals surface area contributed by atoms with Gasteiger partial charge in [-0.2, -0.15) is 0 Å². The highest BCUT2D eigenvalue weighted by Crippen LogP contribution is 2.13. The second-order valence-electron chi connectivity index (χ2n) is 6.08. The summed E-state index contributed by atoms with van der Waals surface area (Å²) in [5, 5.41) is 34.4. The van der Waals surface area contributed by atoms with E-state index in [1.807, 2.05) is 0 Å². The van der Waals surface area contributed by atoms with Crippen molar-refractivity contribution in [3.63, 3.8) is 0 Å². The van der Waals surface area contributed by atoms with E-state index >= 15 is 0 Å². The quantitative estimate of drug-likeness (QED) is 0.664. The van der Waals surface area contributed by atoms with Gasteiger partial charge >= 0.3 is 11.9 Å². The van der Waals surface area contributed by atoms with Gasteiger partial charge in [0.15, 0.2) is 0 Å². The van der Waals surface area contributed by atoms with E-state index in [0.29, 0.717) is 11.1 Å². The minimum atomic E-state index is -0.879. The third-order valence-corrected chi connectivity index (χ3v) is 3.52. The summed E-state index contributed by atoms with van der Waals surface area (Å²) < 4.78 is 0. The molecule has 0 saturated heterocycles. The Balaban J connectivity index is 0.000000362. The average Bonchev–Trinajstić information content (AvgIpc) is 2.62. The molecule has 0 spiro atoms. The lowest BCUT2D eigenvalue weighted by Gasteiger charge is -2.23. The molecule has 6 heteroatoms. The summed E-state index contributed by atoms with van der Waals surface area (Å²) in [6.07, 6.45) is 0. The summed E-state index contributed by atoms with van der Waals surface area (Å²) in [7, 11) is 0. The number of carboxylic acid groups (broad SMARTS) is 2. The van der Waals surface area contributed by atoms with Gasteiger partial charge in [0, 0.05) is 12.5 Å². The van der Waals surface area contributed by atoms with E-state index in [0.717, 1.165) is 0 Å². The van der Waals surface area contributed by atoms with Gasteiger partial charge < -0.3 is 20.4 Å². The van der Waals surface area contributed by atoms with Gasteiger partial charge in [-0.15, -0.1) is 0 Å². The molecule has 0 aliphatic heterocycles. The van der Waals surface area contributed by atoms with Crippen LogP contribution in [0.2, 0.25) is 0 Å². The van der Waals surface area contributed by atoms with Crippen LogP contribution in [0.5, 0.6) is 0 Å². The van der Waals surface area contributed by atoms with Gasteiger partial charge in [0.1, 0.15) is 0 Å². The monoisotopic (exact) mass is 362 g/mol. The molecule has 2 aromatic carbocycles. The minimum absolute atomic E-state index is 0.0394. The number of rotatable bonds is 4. The van der Waals surface area contributed by atoms with Gasteiger partial charge in [0.25, 0.3) is 0 Å². The lowest BCUT2D eigenvalue weighted by Crippen LogP contribution is -2.30. The molecule has 0 amide bonds. The van der Waals surface area contributed by atoms with Gasteiger partial charge in [-0.1, -0.05) is 43.3 Å². The first-order valence-electron chi connectivity index (χ1n) is 7.99. The van der Waals surface area contributed by atoms with Crippen molar-refractivity contribution in [1.29, 1.82) is 0 Å². The highest BCUT2D eigenvalue weighted by molar-refractivity contribution is 5.87. The molecule has 0 heterocycles. The van der Waals surface area contributed by atoms with Crippen molar-refractivity contribution in [3.8, 4) is 0 Å². The standard InChI is InChI=1S/2C7H6O2.C6H14O2/c2*8-7(9)6-4-2-1-3-5-6;1-5(4-7)6(2,3)8/h2*1-5H,(H,8,9);5,7-8H,4H2,1-3H3. The largest absolute Gasteiger partial charge is 0.478 e. The number of aliphatic hydroxyl groups excluding tert-OH is 1. The van der Waals surface area contributed by atoms with E-state index in [4.69, 9.17) is 20.4 Å². The summed E-state index contributed by atoms with van der Waals surface area (Å²) in [6, 6.07) is 16.6. The lowest BCUT2D eigenvalue weighted by molar-refractivity contribution is 0.000218. The molecule has 142 valence electrons. The van der Waals surface area contributed by atoms with E-state index in [-0.39, 0.29) is 12.5 Å². The fourth-order valence-electron chi connectivity index (χ4n) is 1.38. The Morgan fingerprint density at radius 3 is 1.27 bits per heavy atom. The molecule has 2 rings (SSSR count). The number of hydrogen-bond donors (Lipinski definition) is 4. The SMILES string of the molecule is CC(CO)C(C)(C)O.O=C(O)c1ccccc1.O=C(O)c1ccccc1. The second kappa shape index (κ2) is 11.8. The van der Waals surface area contributed by atoms with Crippen molar-refractivity contribution in [2.75, 3.05) is 6.61 Å². The molecule has 0 bridgehead atoms. The first-order valence-corrected chi connectivity index (χ1v) is 7.99. The van der Waals surface area contributed by atoms with E-state index in [1.165, 1.54) is 0 Å². The van der Waals surface area contributed by atoms with Gasteiger partial charge in [0.2, 0.25) is 0 Å². The van der Waals surface area contributed by atoms with Crippen LogP contribution in [0.25, 0.3) is 0 Å². The van der Waals surface area contributed by atoms with E-state index in [9.17, 15) is 9.59 Å². The zero-order chi connectivity index (χ0) is 20.2. The average molecular weight is 362 g/mol. The van der Waals surface area contributed by atoms with Gasteiger partial charge in [-0.3, -0.25) is 0 Å². The number of carboxylic acids is 2. The molecule has 0 aliphatic carbocycles. The van der Waals surface area contributed by atoms with Crippen molar-refractivity contribution in [1.82, 2.24) is 0 Å². The molecule has 6 nitrogen and oxygen atoms in total. The highest BCUT2D eigenvalue weighted by Gasteiger charge is 2.20. The number of hydrogen-bond acceptors (Lipinski definition) is 4. The molecule has 0 aliphatic rings. The maximum Gasteiger partial charge on any atom is 0.335 e. The maximum absolute atomic E-state index is 10.2. The fourth-order valence-corrected chi connectivity index (χ4v) is 1.38. The normalized spacial score (nSPS) is 11.1. The third-order valence-electron chi connectivity index (χ3n) is 3.52. The van der Waals surface area contributed by atoms with Crippen molar-refractivity contribution >= 4 is 11.9 Å². The molecule has 1 atom stereocenters. The Labute approximate surface area is 153 Å². The Morgan fingerprint density at radius 1 is 0.846 bits per heavy atom. The van der Waals surface area contributed by atoms with Crippen molar-refractivity contribution < 1.29 is 30.0 Å². The summed E-state index contributed by atoms with van der Waals surface area (Å²) in [5.41, 5.74) is -0.0793. The van der Waals surface area contributed by atoms with Gasteiger partial charge in [0.05, 0.1) is 16.7 Å². The molecular weight excluding hydrogens is 336 g/mol. The smallest absolute Gasteiger partial charge is 0.335 e. The van der Waals surface area contributed by atoms with Crippen LogP contribution in [0, 0.1) is 5.92 Å². The van der Waals surface area contributed by atoms with E-state index < -0.39 is 17.5 Å². The number of aliphatic hydroxyl groups is 2. The number of aromatic carboxylic acids is 2. The van der Waals surface area contributed by atoms with Crippen molar-refractivity contribution in [2.24, 2.45) is 5.92 Å². The summed E-state index contributed by atoms with van der Waals surface area (Å²) in [6.45, 7) is 5.23. The first kappa shape index (κ1) is 23.3. The van der Waals surface area contributed by atoms with Crippen LogP contribution < -0.4 is 0 Å². The highest BCUT2D eigenvalue weighted by atomic mass is 16.4. The lowest BCUT2D eigenvalue weighted by atomic mass is 9.94. The van der Waals surface area contributed by atoms with Gasteiger partial charge in [-0.05, 0) is 38.1 Å². The zero-order valence-electron chi connectivity index (χ0n) is 15.2. The van der Waals surface area contributed by atoms with Crippen LogP contribution in [0.1, 0.15) is 41.5 Å². The second-order valence-corrected chi connectivity index (χ2v) is 6.08. The molecule has 0 radical (unpaired) electrons. The summed E-state index contributed by atoms with van der Waals surface area (Å²) in [5.74, 6) is -1.80. The Morgan fingerprint density at radius 2 is 1.15 bits per heavy atom. The van der Waals surface area contributed by atoms with Crippen LogP contribution >= 0.6 is 0 Å².